The first-order valence-electron chi connectivity index (χ1n) is 5.86. The fourth-order valence-corrected chi connectivity index (χ4v) is 2.05. The Morgan fingerprint density at radius 2 is 2.25 bits per heavy atom. The Morgan fingerprint density at radius 3 is 2.81 bits per heavy atom. The van der Waals surface area contributed by atoms with Crippen LogP contribution in [-0.4, -0.2) is 49.6 Å². The Hall–Kier alpha value is -1.12. The molecule has 1 fully saturated rings. The number of likely N-dealkylation sites (N-methyl/N-ethyl adjacent to an activating group) is 1. The topological polar surface area (TPSA) is 68.2 Å². The first-order valence-corrected chi connectivity index (χ1v) is 5.86. The van der Waals surface area contributed by atoms with Gasteiger partial charge in [-0.2, -0.15) is 5.26 Å². The summed E-state index contributed by atoms with van der Waals surface area (Å²) < 4.78 is 0. The number of carbonyl (C=O) groups excluding carboxylic acids is 1. The van der Waals surface area contributed by atoms with Gasteiger partial charge >= 0.3 is 0 Å². The summed E-state index contributed by atoms with van der Waals surface area (Å²) in [4.78, 5) is 13.7. The molecule has 1 heterocycles. The molecule has 0 aromatic heterocycles. The van der Waals surface area contributed by atoms with E-state index in [4.69, 9.17) is 5.26 Å². The summed E-state index contributed by atoms with van der Waals surface area (Å²) in [5.74, 6) is -0.0538. The fourth-order valence-electron chi connectivity index (χ4n) is 2.05. The van der Waals surface area contributed by atoms with Gasteiger partial charge in [-0.3, -0.25) is 9.69 Å². The molecular weight excluding hydrogens is 204 g/mol. The van der Waals surface area contributed by atoms with Gasteiger partial charge in [-0.05, 0) is 32.5 Å². The van der Waals surface area contributed by atoms with Crippen LogP contribution in [0.15, 0.2) is 0 Å². The lowest BCUT2D eigenvalue weighted by atomic mass is 10.0. The predicted molar refractivity (Wildman–Crippen MR) is 61.8 cm³/mol. The standard InChI is InChI=1S/C11H20N4O/c1-2-15(9-11(16)14-8-5-12)10-3-6-13-7-4-10/h10,13H,2-4,6-9H2,1H3,(H,14,16). The maximum atomic E-state index is 11.5. The Balaban J connectivity index is 2.35. The molecule has 0 aliphatic carbocycles. The van der Waals surface area contributed by atoms with Crippen LogP contribution in [0.5, 0.6) is 0 Å². The van der Waals surface area contributed by atoms with Crippen LogP contribution in [0.4, 0.5) is 0 Å². The molecule has 16 heavy (non-hydrogen) atoms. The van der Waals surface area contributed by atoms with Crippen molar-refractivity contribution < 1.29 is 4.79 Å². The fraction of sp³-hybridized carbons (Fsp3) is 0.818. The minimum Gasteiger partial charge on any atom is -0.342 e. The smallest absolute Gasteiger partial charge is 0.235 e. The van der Waals surface area contributed by atoms with Gasteiger partial charge in [0.1, 0.15) is 6.54 Å². The van der Waals surface area contributed by atoms with Crippen molar-refractivity contribution in [2.45, 2.75) is 25.8 Å². The Bertz CT molecular complexity index is 255. The molecule has 0 aromatic rings. The molecule has 1 saturated heterocycles. The normalized spacial score (nSPS) is 17.1. The van der Waals surface area contributed by atoms with Gasteiger partial charge in [0, 0.05) is 6.04 Å². The van der Waals surface area contributed by atoms with Gasteiger partial charge in [-0.25, -0.2) is 0 Å². The lowest BCUT2D eigenvalue weighted by Crippen LogP contribution is -2.47. The van der Waals surface area contributed by atoms with E-state index in [0.29, 0.717) is 12.6 Å². The maximum absolute atomic E-state index is 11.5. The highest BCUT2D eigenvalue weighted by molar-refractivity contribution is 5.78. The van der Waals surface area contributed by atoms with E-state index in [1.165, 1.54) is 0 Å². The van der Waals surface area contributed by atoms with Crippen molar-refractivity contribution in [2.24, 2.45) is 0 Å². The number of hydrogen-bond acceptors (Lipinski definition) is 4. The van der Waals surface area contributed by atoms with Crippen LogP contribution < -0.4 is 10.6 Å². The Labute approximate surface area is 96.8 Å². The second-order valence-electron chi connectivity index (χ2n) is 3.98. The van der Waals surface area contributed by atoms with Crippen LogP contribution >= 0.6 is 0 Å². The van der Waals surface area contributed by atoms with Gasteiger partial charge in [0.25, 0.3) is 0 Å². The Morgan fingerprint density at radius 1 is 1.56 bits per heavy atom. The summed E-state index contributed by atoms with van der Waals surface area (Å²) in [6.45, 7) is 5.51. The maximum Gasteiger partial charge on any atom is 0.235 e. The monoisotopic (exact) mass is 224 g/mol. The van der Waals surface area contributed by atoms with Gasteiger partial charge in [-0.1, -0.05) is 6.92 Å². The average molecular weight is 224 g/mol. The second kappa shape index (κ2) is 7.20. The number of rotatable bonds is 5. The summed E-state index contributed by atoms with van der Waals surface area (Å²) in [6, 6.07) is 2.41. The number of nitriles is 1. The summed E-state index contributed by atoms with van der Waals surface area (Å²) in [7, 11) is 0. The zero-order valence-corrected chi connectivity index (χ0v) is 9.83. The molecule has 0 aromatic carbocycles. The minimum absolute atomic E-state index is 0.0538. The van der Waals surface area contributed by atoms with Crippen molar-refractivity contribution in [3.05, 3.63) is 0 Å². The van der Waals surface area contributed by atoms with E-state index in [2.05, 4.69) is 22.5 Å². The van der Waals surface area contributed by atoms with Gasteiger partial charge < -0.3 is 10.6 Å². The van der Waals surface area contributed by atoms with Crippen molar-refractivity contribution in [1.29, 1.82) is 5.26 Å². The molecule has 0 spiro atoms. The summed E-state index contributed by atoms with van der Waals surface area (Å²) in [5, 5.41) is 14.3. The number of nitrogens with one attached hydrogen (secondary N) is 2. The van der Waals surface area contributed by atoms with Crippen LogP contribution in [0.25, 0.3) is 0 Å². The zero-order valence-electron chi connectivity index (χ0n) is 9.83. The van der Waals surface area contributed by atoms with E-state index in [1.807, 2.05) is 6.07 Å². The molecule has 0 atom stereocenters. The van der Waals surface area contributed by atoms with Gasteiger partial charge in [0.2, 0.25) is 5.91 Å². The molecule has 5 nitrogen and oxygen atoms in total. The number of hydrogen-bond donors (Lipinski definition) is 2. The van der Waals surface area contributed by atoms with E-state index < -0.39 is 0 Å². The highest BCUT2D eigenvalue weighted by Crippen LogP contribution is 2.10. The molecular formula is C11H20N4O. The van der Waals surface area contributed by atoms with E-state index in [9.17, 15) is 4.79 Å². The molecule has 2 N–H and O–H groups in total. The van der Waals surface area contributed by atoms with E-state index in [1.54, 1.807) is 0 Å². The summed E-state index contributed by atoms with van der Waals surface area (Å²) in [6.07, 6.45) is 2.19. The quantitative estimate of drug-likeness (QED) is 0.629. The predicted octanol–water partition coefficient (Wildman–Crippen LogP) is -0.300. The average Bonchev–Trinajstić information content (AvgIpc) is 2.34. The lowest BCUT2D eigenvalue weighted by Gasteiger charge is -2.33. The number of amides is 1. The molecule has 0 unspecified atom stereocenters. The van der Waals surface area contributed by atoms with Crippen molar-refractivity contribution in [1.82, 2.24) is 15.5 Å². The highest BCUT2D eigenvalue weighted by atomic mass is 16.2. The highest BCUT2D eigenvalue weighted by Gasteiger charge is 2.21. The van der Waals surface area contributed by atoms with Gasteiger partial charge in [-0.15, -0.1) is 0 Å². The number of nitrogens with zero attached hydrogens (tertiary/aromatic N) is 2. The SMILES string of the molecule is CCN(CC(=O)NCC#N)C1CCNCC1. The molecule has 1 aliphatic heterocycles. The molecule has 0 radical (unpaired) electrons. The largest absolute Gasteiger partial charge is 0.342 e. The van der Waals surface area contributed by atoms with Crippen molar-refractivity contribution in [2.75, 3.05) is 32.7 Å². The van der Waals surface area contributed by atoms with Crippen molar-refractivity contribution >= 4 is 5.91 Å². The van der Waals surface area contributed by atoms with Crippen LogP contribution in [0, 0.1) is 11.3 Å². The zero-order chi connectivity index (χ0) is 11.8. The van der Waals surface area contributed by atoms with Crippen LogP contribution in [0.3, 0.4) is 0 Å². The van der Waals surface area contributed by atoms with Crippen LogP contribution in [-0.2, 0) is 4.79 Å². The third-order valence-electron chi connectivity index (χ3n) is 2.94. The van der Waals surface area contributed by atoms with Crippen LogP contribution in [0.1, 0.15) is 19.8 Å². The molecule has 0 bridgehead atoms. The van der Waals surface area contributed by atoms with Gasteiger partial charge in [0.15, 0.2) is 0 Å². The summed E-state index contributed by atoms with van der Waals surface area (Å²) >= 11 is 0. The van der Waals surface area contributed by atoms with Crippen molar-refractivity contribution in [3.63, 3.8) is 0 Å². The number of piperidine rings is 1. The third-order valence-corrected chi connectivity index (χ3v) is 2.94. The first kappa shape index (κ1) is 12.9. The van der Waals surface area contributed by atoms with Crippen molar-refractivity contribution in [3.8, 4) is 6.07 Å². The molecule has 90 valence electrons. The third kappa shape index (κ3) is 4.17. The Kier molecular flexibility index (Phi) is 5.83. The number of carbonyl (C=O) groups is 1. The summed E-state index contributed by atoms with van der Waals surface area (Å²) in [5.41, 5.74) is 0. The van der Waals surface area contributed by atoms with E-state index >= 15 is 0 Å². The van der Waals surface area contributed by atoms with E-state index in [-0.39, 0.29) is 12.5 Å². The first-order chi connectivity index (χ1) is 7.77. The van der Waals surface area contributed by atoms with Crippen LogP contribution in [0.2, 0.25) is 0 Å². The molecule has 0 saturated carbocycles. The van der Waals surface area contributed by atoms with Gasteiger partial charge in [0.05, 0.1) is 12.6 Å². The minimum atomic E-state index is -0.0538. The molecule has 1 aliphatic rings. The molecule has 5 heteroatoms. The molecule has 1 rings (SSSR count). The lowest BCUT2D eigenvalue weighted by molar-refractivity contribution is -0.122. The second-order valence-corrected chi connectivity index (χ2v) is 3.98. The van der Waals surface area contributed by atoms with E-state index in [0.717, 1.165) is 32.5 Å². The molecule has 1 amide bonds.